The maximum Gasteiger partial charge on any atom is 0.129 e. The molecule has 2 aromatic rings. The lowest BCUT2D eigenvalue weighted by Crippen LogP contribution is -2.03. The zero-order chi connectivity index (χ0) is 12.6. The van der Waals surface area contributed by atoms with Crippen molar-refractivity contribution in [1.29, 1.82) is 0 Å². The molecule has 2 rings (SSSR count). The molecule has 1 atom stereocenters. The number of aliphatic hydroxyl groups excluding tert-OH is 1. The number of thiophene rings is 1. The van der Waals surface area contributed by atoms with Gasteiger partial charge in [-0.3, -0.25) is 0 Å². The highest BCUT2D eigenvalue weighted by molar-refractivity contribution is 14.1. The van der Waals surface area contributed by atoms with E-state index in [2.05, 4.69) is 22.6 Å². The summed E-state index contributed by atoms with van der Waals surface area (Å²) in [6.45, 7) is 1.49. The van der Waals surface area contributed by atoms with Gasteiger partial charge >= 0.3 is 0 Å². The van der Waals surface area contributed by atoms with Crippen LogP contribution in [0.1, 0.15) is 22.8 Å². The first kappa shape index (κ1) is 12.9. The number of benzene rings is 1. The molecular weight excluding hydrogens is 357 g/mol. The average Bonchev–Trinajstić information content (AvgIpc) is 2.69. The summed E-state index contributed by atoms with van der Waals surface area (Å²) < 4.78 is 28.0. The molecule has 0 saturated heterocycles. The molecule has 0 aliphatic rings. The van der Waals surface area contributed by atoms with Crippen molar-refractivity contribution in [2.24, 2.45) is 0 Å². The summed E-state index contributed by atoms with van der Waals surface area (Å²) in [6, 6.07) is 3.91. The van der Waals surface area contributed by atoms with Crippen LogP contribution >= 0.6 is 33.9 Å². The maximum atomic E-state index is 13.6. The fraction of sp³-hybridized carbons (Fsp3) is 0.167. The first-order valence-corrected chi connectivity index (χ1v) is 6.82. The third-order valence-electron chi connectivity index (χ3n) is 2.48. The van der Waals surface area contributed by atoms with Gasteiger partial charge in [-0.2, -0.15) is 0 Å². The molecule has 1 unspecified atom stereocenters. The molecule has 0 fully saturated rings. The third-order valence-corrected chi connectivity index (χ3v) is 4.28. The Balaban J connectivity index is 2.43. The van der Waals surface area contributed by atoms with Crippen molar-refractivity contribution in [3.8, 4) is 0 Å². The first-order chi connectivity index (χ1) is 7.99. The SMILES string of the molecule is Cc1cc(F)c(C(O)c2csc(I)c2)cc1F. The van der Waals surface area contributed by atoms with Crippen molar-refractivity contribution in [1.82, 2.24) is 0 Å². The molecule has 0 bridgehead atoms. The summed E-state index contributed by atoms with van der Waals surface area (Å²) in [6.07, 6.45) is -1.12. The van der Waals surface area contributed by atoms with Gasteiger partial charge in [-0.1, -0.05) is 0 Å². The minimum atomic E-state index is -1.12. The largest absolute Gasteiger partial charge is 0.384 e. The van der Waals surface area contributed by atoms with E-state index in [0.29, 0.717) is 5.56 Å². The Labute approximate surface area is 115 Å². The van der Waals surface area contributed by atoms with Crippen molar-refractivity contribution in [2.45, 2.75) is 13.0 Å². The summed E-state index contributed by atoms with van der Waals surface area (Å²) >= 11 is 3.56. The summed E-state index contributed by atoms with van der Waals surface area (Å²) in [7, 11) is 0. The number of hydrogen-bond acceptors (Lipinski definition) is 2. The zero-order valence-electron chi connectivity index (χ0n) is 8.88. The van der Waals surface area contributed by atoms with Gasteiger partial charge in [-0.15, -0.1) is 11.3 Å². The van der Waals surface area contributed by atoms with Gasteiger partial charge in [0.15, 0.2) is 0 Å². The average molecular weight is 366 g/mol. The number of aliphatic hydroxyl groups is 1. The van der Waals surface area contributed by atoms with Crippen molar-refractivity contribution in [3.63, 3.8) is 0 Å². The van der Waals surface area contributed by atoms with Crippen LogP contribution in [0.2, 0.25) is 0 Å². The normalized spacial score (nSPS) is 12.8. The van der Waals surface area contributed by atoms with E-state index in [1.165, 1.54) is 18.3 Å². The molecule has 1 aromatic heterocycles. The predicted octanol–water partition coefficient (Wildman–Crippen LogP) is 4.02. The number of halogens is 3. The lowest BCUT2D eigenvalue weighted by atomic mass is 10.0. The van der Waals surface area contributed by atoms with E-state index in [0.717, 1.165) is 15.0 Å². The Morgan fingerprint density at radius 3 is 2.53 bits per heavy atom. The smallest absolute Gasteiger partial charge is 0.129 e. The molecule has 1 nitrogen and oxygen atoms in total. The van der Waals surface area contributed by atoms with Crippen molar-refractivity contribution in [2.75, 3.05) is 0 Å². The molecule has 1 N–H and O–H groups in total. The molecule has 90 valence electrons. The van der Waals surface area contributed by atoms with E-state index in [9.17, 15) is 13.9 Å². The second kappa shape index (κ2) is 4.99. The van der Waals surface area contributed by atoms with Gasteiger partial charge in [0.25, 0.3) is 0 Å². The van der Waals surface area contributed by atoms with Crippen LogP contribution in [0.4, 0.5) is 8.78 Å². The van der Waals surface area contributed by atoms with E-state index in [1.807, 2.05) is 0 Å². The van der Waals surface area contributed by atoms with Crippen LogP contribution in [-0.2, 0) is 0 Å². The highest BCUT2D eigenvalue weighted by Gasteiger charge is 2.18. The van der Waals surface area contributed by atoms with Crippen LogP contribution < -0.4 is 0 Å². The second-order valence-electron chi connectivity index (χ2n) is 3.71. The quantitative estimate of drug-likeness (QED) is 0.797. The Bertz CT molecular complexity index is 553. The predicted molar refractivity (Wildman–Crippen MR) is 72.2 cm³/mol. The monoisotopic (exact) mass is 366 g/mol. The number of hydrogen-bond donors (Lipinski definition) is 1. The van der Waals surface area contributed by atoms with Crippen LogP contribution in [0.15, 0.2) is 23.6 Å². The molecule has 0 aliphatic carbocycles. The van der Waals surface area contributed by atoms with E-state index in [1.54, 1.807) is 11.4 Å². The van der Waals surface area contributed by atoms with Crippen molar-refractivity contribution >= 4 is 33.9 Å². The summed E-state index contributed by atoms with van der Waals surface area (Å²) in [5.74, 6) is -1.09. The summed E-state index contributed by atoms with van der Waals surface area (Å²) in [5.41, 5.74) is 0.794. The lowest BCUT2D eigenvalue weighted by molar-refractivity contribution is 0.214. The van der Waals surface area contributed by atoms with Crippen LogP contribution in [0.5, 0.6) is 0 Å². The highest BCUT2D eigenvalue weighted by Crippen LogP contribution is 2.29. The molecule has 0 spiro atoms. The fourth-order valence-corrected chi connectivity index (χ4v) is 2.91. The first-order valence-electron chi connectivity index (χ1n) is 4.86. The van der Waals surface area contributed by atoms with Gasteiger partial charge in [0.1, 0.15) is 17.7 Å². The van der Waals surface area contributed by atoms with E-state index in [-0.39, 0.29) is 11.1 Å². The Hall–Kier alpha value is -0.530. The second-order valence-corrected chi connectivity index (χ2v) is 6.52. The molecule has 0 radical (unpaired) electrons. The molecule has 0 saturated carbocycles. The Kier molecular flexibility index (Phi) is 3.79. The van der Waals surface area contributed by atoms with Gasteiger partial charge < -0.3 is 5.11 Å². The minimum absolute atomic E-state index is 0.0256. The molecule has 5 heteroatoms. The topological polar surface area (TPSA) is 20.2 Å². The highest BCUT2D eigenvalue weighted by atomic mass is 127. The van der Waals surface area contributed by atoms with E-state index < -0.39 is 17.7 Å². The van der Waals surface area contributed by atoms with Crippen molar-refractivity contribution in [3.05, 3.63) is 54.8 Å². The lowest BCUT2D eigenvalue weighted by Gasteiger charge is -2.11. The molecule has 1 heterocycles. The Morgan fingerprint density at radius 1 is 1.24 bits per heavy atom. The number of rotatable bonds is 2. The van der Waals surface area contributed by atoms with Gasteiger partial charge in [0.05, 0.1) is 2.88 Å². The van der Waals surface area contributed by atoms with Crippen LogP contribution in [0.3, 0.4) is 0 Å². The van der Waals surface area contributed by atoms with Crippen LogP contribution in [0.25, 0.3) is 0 Å². The number of aryl methyl sites for hydroxylation is 1. The molecular formula is C12H9F2IOS. The zero-order valence-corrected chi connectivity index (χ0v) is 11.9. The molecule has 1 aromatic carbocycles. The van der Waals surface area contributed by atoms with Gasteiger partial charge in [-0.05, 0) is 64.2 Å². The van der Waals surface area contributed by atoms with Gasteiger partial charge in [0, 0.05) is 5.56 Å². The van der Waals surface area contributed by atoms with Gasteiger partial charge in [0.2, 0.25) is 0 Å². The fourth-order valence-electron chi connectivity index (χ4n) is 1.52. The summed E-state index contributed by atoms with van der Waals surface area (Å²) in [5, 5.41) is 11.7. The third kappa shape index (κ3) is 2.66. The Morgan fingerprint density at radius 2 is 1.94 bits per heavy atom. The van der Waals surface area contributed by atoms with Crippen molar-refractivity contribution < 1.29 is 13.9 Å². The molecule has 0 amide bonds. The molecule has 17 heavy (non-hydrogen) atoms. The van der Waals surface area contributed by atoms with E-state index >= 15 is 0 Å². The molecule has 0 aliphatic heterocycles. The maximum absolute atomic E-state index is 13.6. The standard InChI is InChI=1S/C12H9F2IOS/c1-6-2-10(14)8(4-9(6)13)12(16)7-3-11(15)17-5-7/h2-5,12,16H,1H3. The van der Waals surface area contributed by atoms with Crippen LogP contribution in [0, 0.1) is 21.4 Å². The van der Waals surface area contributed by atoms with Gasteiger partial charge in [-0.25, -0.2) is 8.78 Å². The van der Waals surface area contributed by atoms with Crippen LogP contribution in [-0.4, -0.2) is 5.11 Å². The minimum Gasteiger partial charge on any atom is -0.384 e. The summed E-state index contributed by atoms with van der Waals surface area (Å²) in [4.78, 5) is 0. The van der Waals surface area contributed by atoms with E-state index in [4.69, 9.17) is 0 Å².